The number of nitrogens with zero attached hydrogens (tertiary/aromatic N) is 1. The number of halogens is 1. The first-order valence-electron chi connectivity index (χ1n) is 7.15. The molecule has 19 heavy (non-hydrogen) atoms. The molecule has 3 heteroatoms. The maximum absolute atomic E-state index is 12.5. The van der Waals surface area contributed by atoms with Gasteiger partial charge in [0.05, 0.1) is 6.04 Å². The molecule has 0 spiro atoms. The van der Waals surface area contributed by atoms with Crippen LogP contribution < -0.4 is 0 Å². The molecule has 2 nitrogen and oxygen atoms in total. The van der Waals surface area contributed by atoms with E-state index in [1.807, 2.05) is 19.1 Å². The molecule has 1 fully saturated rings. The van der Waals surface area contributed by atoms with E-state index in [1.165, 1.54) is 19.3 Å². The van der Waals surface area contributed by atoms with Crippen molar-refractivity contribution >= 4 is 17.4 Å². The summed E-state index contributed by atoms with van der Waals surface area (Å²) in [6.07, 6.45) is 3.70. The third kappa shape index (κ3) is 3.58. The van der Waals surface area contributed by atoms with Gasteiger partial charge in [-0.05, 0) is 44.4 Å². The Morgan fingerprint density at radius 1 is 1.53 bits per heavy atom. The zero-order valence-corrected chi connectivity index (χ0v) is 12.5. The van der Waals surface area contributed by atoms with Crippen molar-refractivity contribution in [1.82, 2.24) is 4.90 Å². The Bertz CT molecular complexity index is 446. The lowest BCUT2D eigenvalue weighted by atomic mass is 9.93. The number of hydrogen-bond donors (Lipinski definition) is 0. The molecule has 0 bridgehead atoms. The van der Waals surface area contributed by atoms with Gasteiger partial charge in [0.15, 0.2) is 5.78 Å². The minimum atomic E-state index is -0.0483. The van der Waals surface area contributed by atoms with E-state index in [4.69, 9.17) is 11.6 Å². The predicted molar refractivity (Wildman–Crippen MR) is 79.8 cm³/mol. The van der Waals surface area contributed by atoms with Crippen LogP contribution in [0.15, 0.2) is 24.3 Å². The van der Waals surface area contributed by atoms with Crippen molar-refractivity contribution < 1.29 is 4.79 Å². The number of likely N-dealkylation sites (tertiary alicyclic amines) is 1. The van der Waals surface area contributed by atoms with Gasteiger partial charge >= 0.3 is 0 Å². The summed E-state index contributed by atoms with van der Waals surface area (Å²) in [5.74, 6) is 0.919. The number of benzene rings is 1. The average molecular weight is 280 g/mol. The summed E-state index contributed by atoms with van der Waals surface area (Å²) in [7, 11) is 0. The molecule has 1 heterocycles. The first-order valence-corrected chi connectivity index (χ1v) is 7.53. The predicted octanol–water partition coefficient (Wildman–Crippen LogP) is 4.03. The Balaban J connectivity index is 2.06. The summed E-state index contributed by atoms with van der Waals surface area (Å²) in [6, 6.07) is 7.21. The van der Waals surface area contributed by atoms with Gasteiger partial charge in [-0.15, -0.1) is 0 Å². The van der Waals surface area contributed by atoms with Crippen LogP contribution >= 0.6 is 11.6 Å². The standard InChI is InChI=1S/C16H22ClNO/c1-3-13-6-5-9-18(11-13)12(2)16(19)14-7-4-8-15(17)10-14/h4,7-8,10,12-13H,3,5-6,9,11H2,1-2H3. The van der Waals surface area contributed by atoms with Crippen molar-refractivity contribution in [2.24, 2.45) is 5.92 Å². The van der Waals surface area contributed by atoms with Gasteiger partial charge in [-0.2, -0.15) is 0 Å². The molecule has 1 aromatic rings. The van der Waals surface area contributed by atoms with Crippen molar-refractivity contribution in [2.45, 2.75) is 39.2 Å². The zero-order valence-electron chi connectivity index (χ0n) is 11.7. The van der Waals surface area contributed by atoms with Crippen LogP contribution in [0.25, 0.3) is 0 Å². The highest BCUT2D eigenvalue weighted by Gasteiger charge is 2.27. The number of piperidine rings is 1. The molecule has 1 aromatic carbocycles. The van der Waals surface area contributed by atoms with E-state index in [9.17, 15) is 4.79 Å². The third-order valence-corrected chi connectivity index (χ3v) is 4.40. The second kappa shape index (κ2) is 6.53. The quantitative estimate of drug-likeness (QED) is 0.776. The fraction of sp³-hybridized carbons (Fsp3) is 0.562. The summed E-state index contributed by atoms with van der Waals surface area (Å²) in [5, 5.41) is 0.628. The molecule has 0 aliphatic carbocycles. The van der Waals surface area contributed by atoms with E-state index in [-0.39, 0.29) is 11.8 Å². The van der Waals surface area contributed by atoms with Gasteiger partial charge in [0, 0.05) is 17.1 Å². The molecule has 1 aliphatic heterocycles. The van der Waals surface area contributed by atoms with Crippen LogP contribution in [0.4, 0.5) is 0 Å². The van der Waals surface area contributed by atoms with Gasteiger partial charge in [0.1, 0.15) is 0 Å². The largest absolute Gasteiger partial charge is 0.293 e. The summed E-state index contributed by atoms with van der Waals surface area (Å²) >= 11 is 5.96. The van der Waals surface area contributed by atoms with Gasteiger partial charge in [-0.1, -0.05) is 37.1 Å². The highest BCUT2D eigenvalue weighted by Crippen LogP contribution is 2.22. The molecular formula is C16H22ClNO. The highest BCUT2D eigenvalue weighted by molar-refractivity contribution is 6.31. The summed E-state index contributed by atoms with van der Waals surface area (Å²) in [5.41, 5.74) is 0.721. The lowest BCUT2D eigenvalue weighted by Crippen LogP contribution is -2.45. The lowest BCUT2D eigenvalue weighted by Gasteiger charge is -2.35. The number of ketones is 1. The van der Waals surface area contributed by atoms with Crippen molar-refractivity contribution in [3.8, 4) is 0 Å². The molecule has 104 valence electrons. The van der Waals surface area contributed by atoms with Gasteiger partial charge in [-0.3, -0.25) is 9.69 Å². The van der Waals surface area contributed by atoms with Crippen LogP contribution in [0, 0.1) is 5.92 Å². The Morgan fingerprint density at radius 2 is 2.32 bits per heavy atom. The van der Waals surface area contributed by atoms with Crippen LogP contribution in [-0.2, 0) is 0 Å². The fourth-order valence-corrected chi connectivity index (χ4v) is 3.02. The molecule has 2 atom stereocenters. The van der Waals surface area contributed by atoms with Crippen molar-refractivity contribution in [1.29, 1.82) is 0 Å². The molecule has 0 aromatic heterocycles. The van der Waals surface area contributed by atoms with E-state index < -0.39 is 0 Å². The number of rotatable bonds is 4. The second-order valence-electron chi connectivity index (χ2n) is 5.46. The third-order valence-electron chi connectivity index (χ3n) is 4.16. The fourth-order valence-electron chi connectivity index (χ4n) is 2.83. The Morgan fingerprint density at radius 3 is 3.00 bits per heavy atom. The Hall–Kier alpha value is -0.860. The van der Waals surface area contributed by atoms with Crippen molar-refractivity contribution in [3.05, 3.63) is 34.9 Å². The summed E-state index contributed by atoms with van der Waals surface area (Å²) < 4.78 is 0. The molecule has 2 unspecified atom stereocenters. The Kier molecular flexibility index (Phi) is 5.00. The molecule has 0 saturated carbocycles. The summed E-state index contributed by atoms with van der Waals surface area (Å²) in [6.45, 7) is 6.33. The van der Waals surface area contributed by atoms with E-state index in [1.54, 1.807) is 12.1 Å². The van der Waals surface area contributed by atoms with E-state index in [0.717, 1.165) is 24.6 Å². The number of carbonyl (C=O) groups is 1. The van der Waals surface area contributed by atoms with Gasteiger partial charge in [-0.25, -0.2) is 0 Å². The van der Waals surface area contributed by atoms with Gasteiger partial charge < -0.3 is 0 Å². The molecular weight excluding hydrogens is 258 g/mol. The van der Waals surface area contributed by atoms with Crippen LogP contribution in [0.5, 0.6) is 0 Å². The molecule has 1 saturated heterocycles. The van der Waals surface area contributed by atoms with Crippen molar-refractivity contribution in [2.75, 3.05) is 13.1 Å². The maximum Gasteiger partial charge on any atom is 0.179 e. The molecule has 0 N–H and O–H groups in total. The maximum atomic E-state index is 12.5. The SMILES string of the molecule is CCC1CCCN(C(C)C(=O)c2cccc(Cl)c2)C1. The number of carbonyl (C=O) groups excluding carboxylic acids is 1. The second-order valence-corrected chi connectivity index (χ2v) is 5.90. The summed E-state index contributed by atoms with van der Waals surface area (Å²) in [4.78, 5) is 14.8. The van der Waals surface area contributed by atoms with Crippen LogP contribution in [0.1, 0.15) is 43.5 Å². The normalized spacial score (nSPS) is 22.2. The van der Waals surface area contributed by atoms with Crippen LogP contribution in [-0.4, -0.2) is 29.8 Å². The first kappa shape index (κ1) is 14.5. The molecule has 2 rings (SSSR count). The molecule has 1 aliphatic rings. The first-order chi connectivity index (χ1) is 9.11. The number of Topliss-reactive ketones (excluding diaryl/α,β-unsaturated/α-hetero) is 1. The topological polar surface area (TPSA) is 20.3 Å². The minimum absolute atomic E-state index is 0.0483. The van der Waals surface area contributed by atoms with Gasteiger partial charge in [0.2, 0.25) is 0 Å². The zero-order chi connectivity index (χ0) is 13.8. The smallest absolute Gasteiger partial charge is 0.179 e. The van der Waals surface area contributed by atoms with Crippen molar-refractivity contribution in [3.63, 3.8) is 0 Å². The van der Waals surface area contributed by atoms with E-state index >= 15 is 0 Å². The van der Waals surface area contributed by atoms with Gasteiger partial charge in [0.25, 0.3) is 0 Å². The minimum Gasteiger partial charge on any atom is -0.293 e. The van der Waals surface area contributed by atoms with E-state index in [2.05, 4.69) is 11.8 Å². The highest BCUT2D eigenvalue weighted by atomic mass is 35.5. The molecule has 0 amide bonds. The number of hydrogen-bond acceptors (Lipinski definition) is 2. The van der Waals surface area contributed by atoms with Crippen LogP contribution in [0.3, 0.4) is 0 Å². The molecule has 0 radical (unpaired) electrons. The van der Waals surface area contributed by atoms with E-state index in [0.29, 0.717) is 5.02 Å². The monoisotopic (exact) mass is 279 g/mol. The van der Waals surface area contributed by atoms with Crippen LogP contribution in [0.2, 0.25) is 5.02 Å². The Labute approximate surface area is 120 Å². The average Bonchev–Trinajstić information content (AvgIpc) is 2.45. The lowest BCUT2D eigenvalue weighted by molar-refractivity contribution is 0.0749.